The molecule has 0 saturated carbocycles. The molecule has 1 aliphatic heterocycles. The van der Waals surface area contributed by atoms with Gasteiger partial charge in [-0.2, -0.15) is 0 Å². The van der Waals surface area contributed by atoms with Crippen LogP contribution in [0.3, 0.4) is 0 Å². The lowest BCUT2D eigenvalue weighted by Crippen LogP contribution is -2.33. The minimum atomic E-state index is -0.296. The second-order valence-corrected chi connectivity index (χ2v) is 8.24. The molecule has 0 spiro atoms. The summed E-state index contributed by atoms with van der Waals surface area (Å²) >= 11 is 0. The lowest BCUT2D eigenvalue weighted by Gasteiger charge is -2.39. The first-order valence-electron chi connectivity index (χ1n) is 9.37. The average molecular weight is 381 g/mol. The summed E-state index contributed by atoms with van der Waals surface area (Å²) < 4.78 is 24.5. The predicted molar refractivity (Wildman–Crippen MR) is 106 cm³/mol. The van der Waals surface area contributed by atoms with E-state index in [-0.39, 0.29) is 22.9 Å². The Balaban J connectivity index is 1.95. The summed E-state index contributed by atoms with van der Waals surface area (Å²) in [5, 5.41) is 3.47. The Morgan fingerprint density at radius 2 is 1.68 bits per heavy atom. The molecule has 1 atom stereocenters. The number of allylic oxidation sites excluding steroid dienone is 2. The molecular weight excluding hydrogens is 357 g/mol. The molecule has 0 radical (unpaired) electrons. The van der Waals surface area contributed by atoms with Crippen molar-refractivity contribution in [3.63, 3.8) is 0 Å². The van der Waals surface area contributed by atoms with Crippen LogP contribution >= 0.6 is 0 Å². The topological polar surface area (TPSA) is 47.6 Å². The van der Waals surface area contributed by atoms with Crippen LogP contribution in [0.15, 0.2) is 47.7 Å². The van der Waals surface area contributed by atoms with Gasteiger partial charge >= 0.3 is 0 Å². The fraction of sp³-hybridized carbons (Fsp3) is 0.348. The van der Waals surface area contributed by atoms with Gasteiger partial charge in [-0.25, -0.2) is 4.39 Å². The molecule has 2 aromatic rings. The van der Waals surface area contributed by atoms with Crippen LogP contribution in [0.25, 0.3) is 0 Å². The maximum absolute atomic E-state index is 13.6. The van der Waals surface area contributed by atoms with Gasteiger partial charge in [-0.15, -0.1) is 0 Å². The first-order valence-corrected chi connectivity index (χ1v) is 9.37. The zero-order valence-electron chi connectivity index (χ0n) is 16.6. The fourth-order valence-corrected chi connectivity index (χ4v) is 4.34. The highest BCUT2D eigenvalue weighted by Crippen LogP contribution is 2.51. The molecule has 2 aliphatic rings. The van der Waals surface area contributed by atoms with E-state index in [1.807, 2.05) is 12.1 Å². The van der Waals surface area contributed by atoms with Gasteiger partial charge in [0.05, 0.1) is 14.2 Å². The molecule has 0 amide bonds. The lowest BCUT2D eigenvalue weighted by atomic mass is 9.68. The lowest BCUT2D eigenvalue weighted by molar-refractivity contribution is -0.118. The standard InChI is InChI=1S/C23H24FNO3/c1-23(2)11-17-22(18(26)12-23)21(13-5-7-14(24)8-6-13)15-9-19(27-3)20(28-4)10-16(15)25-17/h5-10,21,25H,11-12H2,1-4H3/t21-/m1/s1. The van der Waals surface area contributed by atoms with E-state index in [0.717, 1.165) is 34.5 Å². The van der Waals surface area contributed by atoms with Crippen molar-refractivity contribution in [1.82, 2.24) is 0 Å². The number of benzene rings is 2. The highest BCUT2D eigenvalue weighted by atomic mass is 19.1. The first-order chi connectivity index (χ1) is 13.3. The third-order valence-electron chi connectivity index (χ3n) is 5.56. The molecule has 0 aromatic heterocycles. The number of rotatable bonds is 3. The zero-order valence-corrected chi connectivity index (χ0v) is 16.6. The van der Waals surface area contributed by atoms with Crippen LogP contribution < -0.4 is 14.8 Å². The van der Waals surface area contributed by atoms with E-state index >= 15 is 0 Å². The number of carbonyl (C=O) groups excluding carboxylic acids is 1. The van der Waals surface area contributed by atoms with Crippen LogP contribution in [-0.2, 0) is 4.79 Å². The molecule has 0 fully saturated rings. The number of hydrogen-bond donors (Lipinski definition) is 1. The number of methoxy groups -OCH3 is 2. The fourth-order valence-electron chi connectivity index (χ4n) is 4.34. The van der Waals surface area contributed by atoms with Crippen LogP contribution in [-0.4, -0.2) is 20.0 Å². The number of carbonyl (C=O) groups is 1. The monoisotopic (exact) mass is 381 g/mol. The summed E-state index contributed by atoms with van der Waals surface area (Å²) in [5.41, 5.74) is 4.30. The highest BCUT2D eigenvalue weighted by molar-refractivity contribution is 6.01. The second-order valence-electron chi connectivity index (χ2n) is 8.24. The summed E-state index contributed by atoms with van der Waals surface area (Å²) in [6, 6.07) is 10.2. The maximum Gasteiger partial charge on any atom is 0.162 e. The number of anilines is 1. The van der Waals surface area contributed by atoms with Gasteiger partial charge in [0.25, 0.3) is 0 Å². The molecule has 146 valence electrons. The number of halogens is 1. The van der Waals surface area contributed by atoms with Gasteiger partial charge in [0.2, 0.25) is 0 Å². The summed E-state index contributed by atoms with van der Waals surface area (Å²) in [7, 11) is 3.19. The molecule has 1 aliphatic carbocycles. The van der Waals surface area contributed by atoms with Gasteiger partial charge in [0, 0.05) is 35.4 Å². The second kappa shape index (κ2) is 6.66. The minimum absolute atomic E-state index is 0.107. The van der Waals surface area contributed by atoms with Gasteiger partial charge in [-0.1, -0.05) is 26.0 Å². The molecule has 4 rings (SSSR count). The summed E-state index contributed by atoms with van der Waals surface area (Å²) in [5.74, 6) is 0.791. The Morgan fingerprint density at radius 1 is 1.04 bits per heavy atom. The molecule has 28 heavy (non-hydrogen) atoms. The van der Waals surface area contributed by atoms with Gasteiger partial charge in [-0.05, 0) is 41.2 Å². The van der Waals surface area contributed by atoms with Crippen molar-refractivity contribution >= 4 is 11.5 Å². The van der Waals surface area contributed by atoms with Crippen LogP contribution in [0, 0.1) is 11.2 Å². The number of ketones is 1. The molecule has 5 heteroatoms. The summed E-state index contributed by atoms with van der Waals surface area (Å²) in [6.45, 7) is 4.21. The van der Waals surface area contributed by atoms with E-state index in [2.05, 4.69) is 19.2 Å². The number of hydrogen-bond acceptors (Lipinski definition) is 4. The van der Waals surface area contributed by atoms with Crippen molar-refractivity contribution in [1.29, 1.82) is 0 Å². The Bertz CT molecular complexity index is 976. The van der Waals surface area contributed by atoms with Crippen molar-refractivity contribution in [3.05, 3.63) is 64.6 Å². The van der Waals surface area contributed by atoms with Gasteiger partial charge < -0.3 is 14.8 Å². The molecule has 0 unspecified atom stereocenters. The minimum Gasteiger partial charge on any atom is -0.493 e. The van der Waals surface area contributed by atoms with Crippen molar-refractivity contribution in [2.45, 2.75) is 32.6 Å². The Kier molecular flexibility index (Phi) is 4.41. The number of nitrogens with one attached hydrogen (secondary N) is 1. The van der Waals surface area contributed by atoms with Crippen molar-refractivity contribution < 1.29 is 18.7 Å². The van der Waals surface area contributed by atoms with Crippen LogP contribution in [0.5, 0.6) is 11.5 Å². The third kappa shape index (κ3) is 3.05. The van der Waals surface area contributed by atoms with Crippen LogP contribution in [0.1, 0.15) is 43.7 Å². The number of ether oxygens (including phenoxy) is 2. The van der Waals surface area contributed by atoms with Crippen molar-refractivity contribution in [2.24, 2.45) is 5.41 Å². The van der Waals surface area contributed by atoms with E-state index in [1.54, 1.807) is 26.4 Å². The Hall–Kier alpha value is -2.82. The van der Waals surface area contributed by atoms with Crippen molar-refractivity contribution in [3.8, 4) is 11.5 Å². The molecular formula is C23H24FNO3. The van der Waals surface area contributed by atoms with Gasteiger partial charge in [0.15, 0.2) is 17.3 Å². The predicted octanol–water partition coefficient (Wildman–Crippen LogP) is 5.04. The van der Waals surface area contributed by atoms with Crippen molar-refractivity contribution in [2.75, 3.05) is 19.5 Å². The average Bonchev–Trinajstić information content (AvgIpc) is 2.65. The van der Waals surface area contributed by atoms with E-state index in [0.29, 0.717) is 17.9 Å². The zero-order chi connectivity index (χ0) is 20.1. The van der Waals surface area contributed by atoms with E-state index in [4.69, 9.17) is 9.47 Å². The smallest absolute Gasteiger partial charge is 0.162 e. The molecule has 0 saturated heterocycles. The molecule has 0 bridgehead atoms. The van der Waals surface area contributed by atoms with E-state index in [9.17, 15) is 9.18 Å². The number of fused-ring (bicyclic) bond motifs is 1. The third-order valence-corrected chi connectivity index (χ3v) is 5.56. The quantitative estimate of drug-likeness (QED) is 0.809. The SMILES string of the molecule is COc1cc2c(cc1OC)[C@@H](c1ccc(F)cc1)C1=C(CC(C)(C)CC1=O)N2. The molecule has 4 nitrogen and oxygen atoms in total. The Labute approximate surface area is 164 Å². The maximum atomic E-state index is 13.6. The first kappa shape index (κ1) is 18.5. The highest BCUT2D eigenvalue weighted by Gasteiger charge is 2.41. The summed E-state index contributed by atoms with van der Waals surface area (Å²) in [4.78, 5) is 13.2. The summed E-state index contributed by atoms with van der Waals surface area (Å²) in [6.07, 6.45) is 1.27. The van der Waals surface area contributed by atoms with Crippen LogP contribution in [0.2, 0.25) is 0 Å². The molecule has 1 N–H and O–H groups in total. The number of Topliss-reactive ketones (excluding diaryl/α,β-unsaturated/α-hetero) is 1. The van der Waals surface area contributed by atoms with Gasteiger partial charge in [0.1, 0.15) is 5.82 Å². The largest absolute Gasteiger partial charge is 0.493 e. The Morgan fingerprint density at radius 3 is 2.32 bits per heavy atom. The van der Waals surface area contributed by atoms with Gasteiger partial charge in [-0.3, -0.25) is 4.79 Å². The van der Waals surface area contributed by atoms with E-state index in [1.165, 1.54) is 12.1 Å². The molecule has 1 heterocycles. The van der Waals surface area contributed by atoms with E-state index < -0.39 is 0 Å². The normalized spacial score (nSPS) is 20.2. The van der Waals surface area contributed by atoms with Crippen LogP contribution in [0.4, 0.5) is 10.1 Å². The molecule has 2 aromatic carbocycles.